The number of nitrogens with one attached hydrogen (secondary N) is 1. The quantitative estimate of drug-likeness (QED) is 0.746. The summed E-state index contributed by atoms with van der Waals surface area (Å²) in [7, 11) is 3.58. The lowest BCUT2D eigenvalue weighted by atomic mass is 10.0. The topological polar surface area (TPSA) is 32.3 Å². The van der Waals surface area contributed by atoms with Gasteiger partial charge in [0.05, 0.1) is 6.04 Å². The number of likely N-dealkylation sites (N-methyl/N-ethyl adjacent to an activating group) is 1. The van der Waals surface area contributed by atoms with Crippen LogP contribution < -0.4 is 5.32 Å². The number of fused-ring (bicyclic) bond motifs is 1. The van der Waals surface area contributed by atoms with Crippen LogP contribution >= 0.6 is 0 Å². The maximum absolute atomic E-state index is 14.1. The van der Waals surface area contributed by atoms with Crippen molar-refractivity contribution in [3.05, 3.63) is 83.4 Å². The van der Waals surface area contributed by atoms with E-state index in [2.05, 4.69) is 5.32 Å². The number of rotatable bonds is 5. The minimum Gasteiger partial charge on any atom is -0.350 e. The van der Waals surface area contributed by atoms with Crippen LogP contribution in [0.2, 0.25) is 0 Å². The maximum atomic E-state index is 14.1. The molecule has 3 nitrogen and oxygen atoms in total. The molecule has 26 heavy (non-hydrogen) atoms. The lowest BCUT2D eigenvalue weighted by molar-refractivity contribution is 0.0943. The highest BCUT2D eigenvalue weighted by Crippen LogP contribution is 2.22. The molecule has 0 unspecified atom stereocenters. The van der Waals surface area contributed by atoms with Crippen molar-refractivity contribution in [1.82, 2.24) is 10.2 Å². The molecule has 0 aliphatic carbocycles. The van der Waals surface area contributed by atoms with Gasteiger partial charge < -0.3 is 10.2 Å². The molecule has 0 bridgehead atoms. The predicted molar refractivity (Wildman–Crippen MR) is 99.1 cm³/mol. The van der Waals surface area contributed by atoms with E-state index in [0.29, 0.717) is 11.1 Å². The van der Waals surface area contributed by atoms with Crippen LogP contribution in [0.1, 0.15) is 22.0 Å². The second kappa shape index (κ2) is 7.62. The Morgan fingerprint density at radius 3 is 2.50 bits per heavy atom. The predicted octanol–water partition coefficient (Wildman–Crippen LogP) is 4.15. The number of amides is 1. The van der Waals surface area contributed by atoms with Crippen molar-refractivity contribution in [3.63, 3.8) is 0 Å². The summed E-state index contributed by atoms with van der Waals surface area (Å²) in [5.74, 6) is -1.47. The van der Waals surface area contributed by atoms with Crippen LogP contribution in [0, 0.1) is 11.6 Å². The summed E-state index contributed by atoms with van der Waals surface area (Å²) in [5.41, 5.74) is 0.912. The minimum atomic E-state index is -0.622. The smallest absolute Gasteiger partial charge is 0.251 e. The van der Waals surface area contributed by atoms with E-state index in [-0.39, 0.29) is 12.5 Å². The molecule has 0 aromatic heterocycles. The molecule has 0 fully saturated rings. The average Bonchev–Trinajstić information content (AvgIpc) is 2.62. The Labute approximate surface area is 151 Å². The van der Waals surface area contributed by atoms with E-state index in [1.54, 1.807) is 25.1 Å². The second-order valence-electron chi connectivity index (χ2n) is 6.38. The molecule has 0 heterocycles. The first kappa shape index (κ1) is 18.0. The Morgan fingerprint density at radius 1 is 1.04 bits per heavy atom. The SMILES string of the molecule is CN(C)[C@@H](CNC(=O)c1cccc2ccccc12)c1ccc(F)cc1F. The molecular formula is C21H20F2N2O. The Hall–Kier alpha value is -2.79. The van der Waals surface area contributed by atoms with Crippen molar-refractivity contribution in [3.8, 4) is 0 Å². The standard InChI is InChI=1S/C21H20F2N2O/c1-25(2)20(18-11-10-15(22)12-19(18)23)13-24-21(26)17-9-5-7-14-6-3-4-8-16(14)17/h3-12,20H,13H2,1-2H3,(H,24,26)/t20-/m0/s1. The maximum Gasteiger partial charge on any atom is 0.251 e. The minimum absolute atomic E-state index is 0.206. The molecule has 0 radical (unpaired) electrons. The van der Waals surface area contributed by atoms with Crippen molar-refractivity contribution in [2.75, 3.05) is 20.6 Å². The number of benzene rings is 3. The normalized spacial score (nSPS) is 12.3. The number of hydrogen-bond acceptors (Lipinski definition) is 2. The summed E-state index contributed by atoms with van der Waals surface area (Å²) in [6, 6.07) is 16.3. The van der Waals surface area contributed by atoms with Crippen LogP contribution in [0.5, 0.6) is 0 Å². The molecule has 3 rings (SSSR count). The van der Waals surface area contributed by atoms with Crippen molar-refractivity contribution >= 4 is 16.7 Å². The van der Waals surface area contributed by atoms with E-state index in [4.69, 9.17) is 0 Å². The molecule has 1 amide bonds. The van der Waals surface area contributed by atoms with Gasteiger partial charge >= 0.3 is 0 Å². The first-order chi connectivity index (χ1) is 12.5. The zero-order valence-corrected chi connectivity index (χ0v) is 14.7. The van der Waals surface area contributed by atoms with Crippen LogP contribution in [0.25, 0.3) is 10.8 Å². The van der Waals surface area contributed by atoms with E-state index >= 15 is 0 Å². The number of carbonyl (C=O) groups excluding carboxylic acids is 1. The van der Waals surface area contributed by atoms with E-state index in [1.165, 1.54) is 12.1 Å². The second-order valence-corrected chi connectivity index (χ2v) is 6.38. The summed E-state index contributed by atoms with van der Waals surface area (Å²) >= 11 is 0. The molecule has 5 heteroatoms. The Balaban J connectivity index is 1.82. The van der Waals surface area contributed by atoms with Gasteiger partial charge in [0, 0.05) is 23.7 Å². The highest BCUT2D eigenvalue weighted by atomic mass is 19.1. The lowest BCUT2D eigenvalue weighted by Gasteiger charge is -2.25. The highest BCUT2D eigenvalue weighted by Gasteiger charge is 2.20. The fourth-order valence-corrected chi connectivity index (χ4v) is 3.05. The van der Waals surface area contributed by atoms with Crippen LogP contribution in [-0.2, 0) is 0 Å². The third-order valence-corrected chi connectivity index (χ3v) is 4.44. The van der Waals surface area contributed by atoms with Crippen molar-refractivity contribution in [2.24, 2.45) is 0 Å². The fraction of sp³-hybridized carbons (Fsp3) is 0.190. The number of nitrogens with zero attached hydrogens (tertiary/aromatic N) is 1. The third-order valence-electron chi connectivity index (χ3n) is 4.44. The lowest BCUT2D eigenvalue weighted by Crippen LogP contribution is -2.35. The molecule has 134 valence electrons. The van der Waals surface area contributed by atoms with Gasteiger partial charge in [-0.2, -0.15) is 0 Å². The van der Waals surface area contributed by atoms with Gasteiger partial charge in [0.1, 0.15) is 11.6 Å². The van der Waals surface area contributed by atoms with Crippen LogP contribution in [0.4, 0.5) is 8.78 Å². The summed E-state index contributed by atoms with van der Waals surface area (Å²) in [5, 5.41) is 4.72. The van der Waals surface area contributed by atoms with Gasteiger partial charge in [-0.25, -0.2) is 8.78 Å². The monoisotopic (exact) mass is 354 g/mol. The molecular weight excluding hydrogens is 334 g/mol. The summed E-state index contributed by atoms with van der Waals surface area (Å²) in [4.78, 5) is 14.5. The molecule has 3 aromatic carbocycles. The molecule has 1 atom stereocenters. The largest absolute Gasteiger partial charge is 0.350 e. The van der Waals surface area contributed by atoms with Gasteiger partial charge in [-0.1, -0.05) is 42.5 Å². The Bertz CT molecular complexity index is 935. The first-order valence-corrected chi connectivity index (χ1v) is 8.34. The molecule has 3 aromatic rings. The Morgan fingerprint density at radius 2 is 1.77 bits per heavy atom. The third kappa shape index (κ3) is 3.73. The van der Waals surface area contributed by atoms with Crippen molar-refractivity contribution < 1.29 is 13.6 Å². The number of carbonyl (C=O) groups is 1. The van der Waals surface area contributed by atoms with Gasteiger partial charge in [-0.3, -0.25) is 4.79 Å². The molecule has 0 aliphatic rings. The zero-order valence-electron chi connectivity index (χ0n) is 14.7. The highest BCUT2D eigenvalue weighted by molar-refractivity contribution is 6.07. The van der Waals surface area contributed by atoms with Gasteiger partial charge in [0.15, 0.2) is 0 Å². The van der Waals surface area contributed by atoms with Gasteiger partial charge in [-0.05, 0) is 37.0 Å². The van der Waals surface area contributed by atoms with Crippen molar-refractivity contribution in [1.29, 1.82) is 0 Å². The molecule has 0 saturated carbocycles. The summed E-state index contributed by atoms with van der Waals surface area (Å²) < 4.78 is 27.3. The van der Waals surface area contributed by atoms with E-state index in [9.17, 15) is 13.6 Å². The summed E-state index contributed by atoms with van der Waals surface area (Å²) in [6.07, 6.45) is 0. The van der Waals surface area contributed by atoms with Gasteiger partial charge in [-0.15, -0.1) is 0 Å². The van der Waals surface area contributed by atoms with Crippen LogP contribution in [0.15, 0.2) is 60.7 Å². The molecule has 1 N–H and O–H groups in total. The molecule has 0 saturated heterocycles. The fourth-order valence-electron chi connectivity index (χ4n) is 3.05. The summed E-state index contributed by atoms with van der Waals surface area (Å²) in [6.45, 7) is 0.206. The average molecular weight is 354 g/mol. The number of hydrogen-bond donors (Lipinski definition) is 1. The van der Waals surface area contributed by atoms with Crippen molar-refractivity contribution in [2.45, 2.75) is 6.04 Å². The van der Waals surface area contributed by atoms with Crippen LogP contribution in [-0.4, -0.2) is 31.4 Å². The Kier molecular flexibility index (Phi) is 5.28. The zero-order chi connectivity index (χ0) is 18.7. The molecule has 0 aliphatic heterocycles. The van der Waals surface area contributed by atoms with E-state index < -0.39 is 17.7 Å². The van der Waals surface area contributed by atoms with E-state index in [1.807, 2.05) is 36.4 Å². The first-order valence-electron chi connectivity index (χ1n) is 8.34. The van der Waals surface area contributed by atoms with E-state index in [0.717, 1.165) is 16.8 Å². The molecule has 0 spiro atoms. The number of halogens is 2. The van der Waals surface area contributed by atoms with Gasteiger partial charge in [0.25, 0.3) is 5.91 Å². The van der Waals surface area contributed by atoms with Crippen LogP contribution in [0.3, 0.4) is 0 Å². The van der Waals surface area contributed by atoms with Gasteiger partial charge in [0.2, 0.25) is 0 Å².